The minimum absolute atomic E-state index is 0.00669. The van der Waals surface area contributed by atoms with Crippen molar-refractivity contribution in [3.63, 3.8) is 0 Å². The van der Waals surface area contributed by atoms with E-state index in [1.807, 2.05) is 83.1 Å². The molecule has 0 saturated heterocycles. The van der Waals surface area contributed by atoms with Crippen LogP contribution in [0.3, 0.4) is 0 Å². The molecule has 0 fully saturated rings. The Morgan fingerprint density at radius 3 is 0.900 bits per heavy atom. The quantitative estimate of drug-likeness (QED) is 0.233. The molecule has 0 aliphatic carbocycles. The van der Waals surface area contributed by atoms with Gasteiger partial charge in [-0.25, -0.2) is 0 Å². The average molecular weight is 489 g/mol. The van der Waals surface area contributed by atoms with Crippen LogP contribution in [-0.4, -0.2) is 53.3 Å². The Labute approximate surface area is 186 Å². The fourth-order valence-corrected chi connectivity index (χ4v) is 10.0. The van der Waals surface area contributed by atoms with Crippen molar-refractivity contribution in [1.29, 1.82) is 0 Å². The number of hydrogen-bond acceptors (Lipinski definition) is 6. The molecule has 0 heterocycles. The number of rotatable bonds is 14. The fraction of sp³-hybridized carbons (Fsp3) is 1.00. The van der Waals surface area contributed by atoms with E-state index in [2.05, 4.69) is 0 Å². The molecule has 6 nitrogen and oxygen atoms in total. The van der Waals surface area contributed by atoms with E-state index in [-0.39, 0.29) is 47.2 Å². The van der Waals surface area contributed by atoms with Crippen LogP contribution in [0, 0.1) is 0 Å². The molecule has 0 radical (unpaired) electrons. The van der Waals surface area contributed by atoms with Crippen molar-refractivity contribution in [3.05, 3.63) is 0 Å². The predicted molar refractivity (Wildman–Crippen MR) is 130 cm³/mol. The Bertz CT molecular complexity index is 581. The lowest BCUT2D eigenvalue weighted by atomic mass is 10.4. The minimum atomic E-state index is -3.02. The lowest BCUT2D eigenvalue weighted by molar-refractivity contribution is 0.0809. The molecule has 0 amide bonds. The van der Waals surface area contributed by atoms with Crippen LogP contribution in [0.25, 0.3) is 0 Å². The summed E-state index contributed by atoms with van der Waals surface area (Å²) in [6.45, 7) is 22.5. The molecule has 0 saturated carbocycles. The second-order valence-corrected chi connectivity index (χ2v) is 20.6. The molecule has 9 heteroatoms. The van der Waals surface area contributed by atoms with Gasteiger partial charge in [-0.3, -0.25) is 13.7 Å². The summed E-state index contributed by atoms with van der Waals surface area (Å²) in [5.41, 5.74) is -0.915. The first kappa shape index (κ1) is 30.6. The summed E-state index contributed by atoms with van der Waals surface area (Å²) in [6.07, 6.45) is -0.711. The van der Waals surface area contributed by atoms with Crippen LogP contribution < -0.4 is 0 Å². The first-order valence-corrected chi connectivity index (χ1v) is 16.5. The second-order valence-electron chi connectivity index (χ2n) is 9.82. The summed E-state index contributed by atoms with van der Waals surface area (Å²) in [7, 11) is -8.87. The van der Waals surface area contributed by atoms with Gasteiger partial charge in [-0.05, 0) is 0 Å². The highest BCUT2D eigenvalue weighted by Crippen LogP contribution is 2.60. The van der Waals surface area contributed by atoms with E-state index in [0.717, 1.165) is 0 Å². The van der Waals surface area contributed by atoms with Crippen molar-refractivity contribution >= 4 is 22.1 Å². The van der Waals surface area contributed by atoms with Gasteiger partial charge in [-0.15, -0.1) is 0 Å². The molecule has 30 heavy (non-hydrogen) atoms. The highest BCUT2D eigenvalue weighted by atomic mass is 31.2. The SMILES string of the molecule is CC(C)P(=O)(OCC(COP(=O)(C(C)C)C(C)C)OP(=O)(C(C)C)C(C)C)C(C)C. The van der Waals surface area contributed by atoms with Crippen molar-refractivity contribution in [2.45, 2.75) is 123 Å². The molecule has 0 N–H and O–H groups in total. The number of hydrogen-bond donors (Lipinski definition) is 0. The summed E-state index contributed by atoms with van der Waals surface area (Å²) < 4.78 is 58.2. The van der Waals surface area contributed by atoms with Gasteiger partial charge in [0.15, 0.2) is 0 Å². The normalized spacial score (nSPS) is 14.5. The summed E-state index contributed by atoms with van der Waals surface area (Å²) in [6, 6.07) is 0. The van der Waals surface area contributed by atoms with E-state index < -0.39 is 28.2 Å². The minimum Gasteiger partial charge on any atom is -0.325 e. The van der Waals surface area contributed by atoms with Gasteiger partial charge in [0.1, 0.15) is 6.10 Å². The van der Waals surface area contributed by atoms with E-state index in [1.165, 1.54) is 0 Å². The van der Waals surface area contributed by atoms with Crippen LogP contribution >= 0.6 is 22.1 Å². The topological polar surface area (TPSA) is 78.9 Å². The molecule has 0 aromatic carbocycles. The Balaban J connectivity index is 5.80. The fourth-order valence-electron chi connectivity index (χ4n) is 3.37. The van der Waals surface area contributed by atoms with Crippen molar-refractivity contribution in [3.8, 4) is 0 Å². The maximum Gasteiger partial charge on any atom is 0.208 e. The standard InChI is InChI=1S/C21H47O6P3/c1-15(2)28(22,16(3)4)25-13-21(27-30(24,19(9)10)20(11)12)14-26-29(23,17(5)6)18(7)8/h15-21H,13-14H2,1-12H3. The molecule has 0 bridgehead atoms. The van der Waals surface area contributed by atoms with Gasteiger partial charge in [0.25, 0.3) is 0 Å². The highest BCUT2D eigenvalue weighted by molar-refractivity contribution is 7.61. The van der Waals surface area contributed by atoms with E-state index in [9.17, 15) is 13.7 Å². The van der Waals surface area contributed by atoms with E-state index in [0.29, 0.717) is 0 Å². The van der Waals surface area contributed by atoms with Gasteiger partial charge in [-0.1, -0.05) is 83.1 Å². The Kier molecular flexibility index (Phi) is 12.4. The molecule has 0 aliphatic heterocycles. The van der Waals surface area contributed by atoms with E-state index >= 15 is 0 Å². The van der Waals surface area contributed by atoms with E-state index in [1.54, 1.807) is 0 Å². The largest absolute Gasteiger partial charge is 0.325 e. The maximum atomic E-state index is 13.5. The van der Waals surface area contributed by atoms with Crippen LogP contribution in [-0.2, 0) is 27.3 Å². The smallest absolute Gasteiger partial charge is 0.208 e. The second kappa shape index (κ2) is 12.2. The Morgan fingerprint density at radius 1 is 0.467 bits per heavy atom. The molecule has 182 valence electrons. The van der Waals surface area contributed by atoms with Gasteiger partial charge in [-0.2, -0.15) is 0 Å². The van der Waals surface area contributed by atoms with E-state index in [4.69, 9.17) is 13.6 Å². The van der Waals surface area contributed by atoms with Gasteiger partial charge in [0.2, 0.25) is 22.1 Å². The Morgan fingerprint density at radius 2 is 0.700 bits per heavy atom. The third-order valence-corrected chi connectivity index (χ3v) is 15.9. The molecule has 0 aromatic rings. The van der Waals surface area contributed by atoms with Gasteiger partial charge in [0, 0.05) is 34.0 Å². The molecular formula is C21H47O6P3. The molecule has 0 spiro atoms. The average Bonchev–Trinajstić information content (AvgIpc) is 2.61. The first-order valence-electron chi connectivity index (χ1n) is 11.2. The zero-order valence-electron chi connectivity index (χ0n) is 21.2. The zero-order chi connectivity index (χ0) is 24.1. The van der Waals surface area contributed by atoms with Crippen molar-refractivity contribution < 1.29 is 27.3 Å². The summed E-state index contributed by atoms with van der Waals surface area (Å²) in [5.74, 6) is 0. The molecule has 0 rings (SSSR count). The van der Waals surface area contributed by atoms with Crippen LogP contribution in [0.2, 0.25) is 0 Å². The van der Waals surface area contributed by atoms with Gasteiger partial charge >= 0.3 is 0 Å². The monoisotopic (exact) mass is 488 g/mol. The summed E-state index contributed by atoms with van der Waals surface area (Å²) in [5, 5.41) is 0. The molecular weight excluding hydrogens is 441 g/mol. The maximum absolute atomic E-state index is 13.5. The highest BCUT2D eigenvalue weighted by Gasteiger charge is 2.39. The summed E-state index contributed by atoms with van der Waals surface area (Å²) in [4.78, 5) is 0. The predicted octanol–water partition coefficient (Wildman–Crippen LogP) is 7.69. The van der Waals surface area contributed by atoms with Gasteiger partial charge in [0.05, 0.1) is 13.2 Å². The van der Waals surface area contributed by atoms with Gasteiger partial charge < -0.3 is 13.6 Å². The van der Waals surface area contributed by atoms with Crippen molar-refractivity contribution in [2.24, 2.45) is 0 Å². The molecule has 0 unspecified atom stereocenters. The molecule has 0 atom stereocenters. The Hall–Kier alpha value is 0.570. The van der Waals surface area contributed by atoms with Crippen LogP contribution in [0.4, 0.5) is 0 Å². The molecule has 0 aromatic heterocycles. The third kappa shape index (κ3) is 7.57. The van der Waals surface area contributed by atoms with Crippen molar-refractivity contribution in [1.82, 2.24) is 0 Å². The van der Waals surface area contributed by atoms with Crippen LogP contribution in [0.1, 0.15) is 83.1 Å². The lowest BCUT2D eigenvalue weighted by Crippen LogP contribution is -2.29. The molecule has 0 aliphatic rings. The van der Waals surface area contributed by atoms with Crippen LogP contribution in [0.15, 0.2) is 0 Å². The third-order valence-electron chi connectivity index (χ3n) is 5.56. The zero-order valence-corrected chi connectivity index (χ0v) is 23.9. The van der Waals surface area contributed by atoms with Crippen molar-refractivity contribution in [2.75, 3.05) is 13.2 Å². The first-order chi connectivity index (χ1) is 13.4. The van der Waals surface area contributed by atoms with Crippen LogP contribution in [0.5, 0.6) is 0 Å². The summed E-state index contributed by atoms with van der Waals surface area (Å²) >= 11 is 0. The lowest BCUT2D eigenvalue weighted by Gasteiger charge is -2.34.